The molecule has 3 heterocycles. The number of anilines is 2. The highest BCUT2D eigenvalue weighted by molar-refractivity contribution is 5.48. The summed E-state index contributed by atoms with van der Waals surface area (Å²) < 4.78 is 6.80. The third kappa shape index (κ3) is 4.04. The van der Waals surface area contributed by atoms with E-state index in [1.807, 2.05) is 13.0 Å². The van der Waals surface area contributed by atoms with Gasteiger partial charge in [0.25, 0.3) is 5.56 Å². The standard InChI is InChI=1S/C15H20N6O2/c1-12-2-3-15(22)21(19-12)5-4-16-13-10-14(18-11-17-13)20-6-8-23-9-7-20/h2-3,10-11H,4-9H2,1H3,(H,16,17,18). The van der Waals surface area contributed by atoms with Crippen molar-refractivity contribution in [2.45, 2.75) is 13.5 Å². The van der Waals surface area contributed by atoms with Crippen molar-refractivity contribution in [3.8, 4) is 0 Å². The number of aromatic nitrogens is 4. The highest BCUT2D eigenvalue weighted by atomic mass is 16.5. The van der Waals surface area contributed by atoms with E-state index in [0.29, 0.717) is 26.3 Å². The molecule has 1 aliphatic heterocycles. The van der Waals surface area contributed by atoms with Gasteiger partial charge in [-0.15, -0.1) is 0 Å². The van der Waals surface area contributed by atoms with Gasteiger partial charge in [0.05, 0.1) is 25.5 Å². The highest BCUT2D eigenvalue weighted by Gasteiger charge is 2.12. The van der Waals surface area contributed by atoms with E-state index in [9.17, 15) is 4.79 Å². The number of hydrogen-bond acceptors (Lipinski definition) is 7. The fourth-order valence-corrected chi connectivity index (χ4v) is 2.41. The van der Waals surface area contributed by atoms with E-state index in [4.69, 9.17) is 4.74 Å². The van der Waals surface area contributed by atoms with Crippen LogP contribution in [0.2, 0.25) is 0 Å². The normalized spacial score (nSPS) is 14.7. The zero-order chi connectivity index (χ0) is 16.1. The Balaban J connectivity index is 1.60. The van der Waals surface area contributed by atoms with Gasteiger partial charge in [0.15, 0.2) is 0 Å². The van der Waals surface area contributed by atoms with Crippen LogP contribution in [-0.4, -0.2) is 52.6 Å². The zero-order valence-electron chi connectivity index (χ0n) is 13.1. The molecule has 0 amide bonds. The van der Waals surface area contributed by atoms with Crippen molar-refractivity contribution >= 4 is 11.6 Å². The van der Waals surface area contributed by atoms with Crippen molar-refractivity contribution in [3.63, 3.8) is 0 Å². The summed E-state index contributed by atoms with van der Waals surface area (Å²) in [5.41, 5.74) is 0.718. The number of hydrogen-bond donors (Lipinski definition) is 1. The van der Waals surface area contributed by atoms with Crippen LogP contribution >= 0.6 is 0 Å². The molecule has 0 radical (unpaired) electrons. The summed E-state index contributed by atoms with van der Waals surface area (Å²) >= 11 is 0. The van der Waals surface area contributed by atoms with Crippen molar-refractivity contribution in [2.75, 3.05) is 43.1 Å². The summed E-state index contributed by atoms with van der Waals surface area (Å²) in [4.78, 5) is 22.4. The van der Waals surface area contributed by atoms with Crippen LogP contribution in [0.5, 0.6) is 0 Å². The van der Waals surface area contributed by atoms with Gasteiger partial charge in [-0.05, 0) is 13.0 Å². The molecule has 0 aromatic carbocycles. The van der Waals surface area contributed by atoms with E-state index in [2.05, 4.69) is 25.3 Å². The van der Waals surface area contributed by atoms with Gasteiger partial charge < -0.3 is 15.0 Å². The maximum absolute atomic E-state index is 11.7. The molecule has 1 N–H and O–H groups in total. The number of nitrogens with one attached hydrogen (secondary N) is 1. The molecule has 2 aromatic heterocycles. The van der Waals surface area contributed by atoms with Gasteiger partial charge in [0, 0.05) is 31.8 Å². The third-order valence-electron chi connectivity index (χ3n) is 3.62. The van der Waals surface area contributed by atoms with E-state index in [-0.39, 0.29) is 5.56 Å². The largest absolute Gasteiger partial charge is 0.378 e. The van der Waals surface area contributed by atoms with E-state index >= 15 is 0 Å². The first-order chi connectivity index (χ1) is 11.2. The summed E-state index contributed by atoms with van der Waals surface area (Å²) in [6, 6.07) is 5.16. The van der Waals surface area contributed by atoms with E-state index in [1.54, 1.807) is 12.4 Å². The van der Waals surface area contributed by atoms with Crippen molar-refractivity contribution < 1.29 is 4.74 Å². The fourth-order valence-electron chi connectivity index (χ4n) is 2.41. The van der Waals surface area contributed by atoms with Gasteiger partial charge in [-0.2, -0.15) is 5.10 Å². The van der Waals surface area contributed by atoms with Crippen LogP contribution < -0.4 is 15.8 Å². The first-order valence-electron chi connectivity index (χ1n) is 7.66. The molecule has 8 heteroatoms. The highest BCUT2D eigenvalue weighted by Crippen LogP contribution is 2.15. The number of aryl methyl sites for hydroxylation is 1. The van der Waals surface area contributed by atoms with Gasteiger partial charge in [0.2, 0.25) is 0 Å². The van der Waals surface area contributed by atoms with Gasteiger partial charge >= 0.3 is 0 Å². The minimum atomic E-state index is -0.103. The Morgan fingerprint density at radius 1 is 1.26 bits per heavy atom. The maximum atomic E-state index is 11.7. The van der Waals surface area contributed by atoms with Crippen LogP contribution in [0.15, 0.2) is 29.3 Å². The number of rotatable bonds is 5. The Morgan fingerprint density at radius 3 is 2.91 bits per heavy atom. The molecular weight excluding hydrogens is 296 g/mol. The maximum Gasteiger partial charge on any atom is 0.266 e. The molecule has 0 spiro atoms. The molecule has 1 saturated heterocycles. The summed E-state index contributed by atoms with van der Waals surface area (Å²) in [6.07, 6.45) is 1.55. The van der Waals surface area contributed by atoms with Crippen LogP contribution in [0.25, 0.3) is 0 Å². The molecule has 3 rings (SSSR count). The summed E-state index contributed by atoms with van der Waals surface area (Å²) in [6.45, 7) is 6.01. The second kappa shape index (κ2) is 7.19. The molecule has 0 aliphatic carbocycles. The van der Waals surface area contributed by atoms with Gasteiger partial charge in [-0.25, -0.2) is 14.6 Å². The Morgan fingerprint density at radius 2 is 2.09 bits per heavy atom. The first-order valence-corrected chi connectivity index (χ1v) is 7.66. The third-order valence-corrected chi connectivity index (χ3v) is 3.62. The molecular formula is C15H20N6O2. The average Bonchev–Trinajstić information content (AvgIpc) is 2.59. The van der Waals surface area contributed by atoms with E-state index in [1.165, 1.54) is 10.7 Å². The van der Waals surface area contributed by atoms with Crippen LogP contribution in [0.1, 0.15) is 5.69 Å². The molecule has 23 heavy (non-hydrogen) atoms. The molecule has 1 fully saturated rings. The average molecular weight is 316 g/mol. The predicted octanol–water partition coefficient (Wildman–Crippen LogP) is 0.290. The Bertz CT molecular complexity index is 711. The lowest BCUT2D eigenvalue weighted by molar-refractivity contribution is 0.122. The van der Waals surface area contributed by atoms with Crippen molar-refractivity contribution in [3.05, 3.63) is 40.6 Å². The number of nitrogens with zero attached hydrogens (tertiary/aromatic N) is 5. The monoisotopic (exact) mass is 316 g/mol. The minimum Gasteiger partial charge on any atom is -0.378 e. The quantitative estimate of drug-likeness (QED) is 0.848. The van der Waals surface area contributed by atoms with Crippen molar-refractivity contribution in [1.29, 1.82) is 0 Å². The summed E-state index contributed by atoms with van der Waals surface area (Å²) in [7, 11) is 0. The minimum absolute atomic E-state index is 0.103. The van der Waals surface area contributed by atoms with Crippen LogP contribution in [-0.2, 0) is 11.3 Å². The summed E-state index contributed by atoms with van der Waals surface area (Å²) in [5, 5.41) is 7.41. The molecule has 2 aromatic rings. The van der Waals surface area contributed by atoms with E-state index < -0.39 is 0 Å². The second-order valence-electron chi connectivity index (χ2n) is 5.32. The molecule has 0 bridgehead atoms. The molecule has 1 aliphatic rings. The van der Waals surface area contributed by atoms with Gasteiger partial charge in [-0.3, -0.25) is 4.79 Å². The predicted molar refractivity (Wildman–Crippen MR) is 86.8 cm³/mol. The first kappa shape index (κ1) is 15.4. The Labute approximate surface area is 134 Å². The Hall–Kier alpha value is -2.48. The number of ether oxygens (including phenoxy) is 1. The molecule has 8 nitrogen and oxygen atoms in total. The second-order valence-corrected chi connectivity index (χ2v) is 5.32. The molecule has 122 valence electrons. The SMILES string of the molecule is Cc1ccc(=O)n(CCNc2cc(N3CCOCC3)ncn2)n1. The van der Waals surface area contributed by atoms with Crippen LogP contribution in [0, 0.1) is 6.92 Å². The fraction of sp³-hybridized carbons (Fsp3) is 0.467. The van der Waals surface area contributed by atoms with Crippen LogP contribution in [0.3, 0.4) is 0 Å². The van der Waals surface area contributed by atoms with Gasteiger partial charge in [-0.1, -0.05) is 0 Å². The van der Waals surface area contributed by atoms with E-state index in [0.717, 1.165) is 30.4 Å². The van der Waals surface area contributed by atoms with Gasteiger partial charge in [0.1, 0.15) is 18.0 Å². The van der Waals surface area contributed by atoms with Crippen molar-refractivity contribution in [2.24, 2.45) is 0 Å². The Kier molecular flexibility index (Phi) is 4.82. The summed E-state index contributed by atoms with van der Waals surface area (Å²) in [5.74, 6) is 1.62. The van der Waals surface area contributed by atoms with Crippen molar-refractivity contribution in [1.82, 2.24) is 19.7 Å². The van der Waals surface area contributed by atoms with Crippen LogP contribution in [0.4, 0.5) is 11.6 Å². The lowest BCUT2D eigenvalue weighted by atomic mass is 10.4. The lowest BCUT2D eigenvalue weighted by Gasteiger charge is -2.27. The zero-order valence-corrected chi connectivity index (χ0v) is 13.1. The molecule has 0 unspecified atom stereocenters. The lowest BCUT2D eigenvalue weighted by Crippen LogP contribution is -2.36. The molecule has 0 atom stereocenters. The smallest absolute Gasteiger partial charge is 0.266 e. The topological polar surface area (TPSA) is 85.2 Å². The molecule has 0 saturated carbocycles. The number of morpholine rings is 1.